The topological polar surface area (TPSA) is 99.4 Å². The van der Waals surface area contributed by atoms with E-state index in [2.05, 4.69) is 10.4 Å². The molecule has 0 saturated heterocycles. The van der Waals surface area contributed by atoms with Crippen LogP contribution in [-0.4, -0.2) is 71.9 Å². The van der Waals surface area contributed by atoms with Gasteiger partial charge in [0.05, 0.1) is 37.5 Å². The Labute approximate surface area is 229 Å². The van der Waals surface area contributed by atoms with Gasteiger partial charge in [0.15, 0.2) is 5.65 Å². The fourth-order valence-electron chi connectivity index (χ4n) is 4.09. The highest BCUT2D eigenvalue weighted by Gasteiger charge is 2.38. The number of aryl methyl sites for hydroxylation is 1. The van der Waals surface area contributed by atoms with Crippen molar-refractivity contribution < 1.29 is 45.4 Å². The van der Waals surface area contributed by atoms with Crippen LogP contribution < -0.4 is 10.6 Å². The molecule has 0 aliphatic rings. The monoisotopic (exact) mass is 585 g/mol. The summed E-state index contributed by atoms with van der Waals surface area (Å²) in [4.78, 5) is 23.4. The molecular formula is C26H25F6N5O4. The minimum Gasteiger partial charge on any atom is -0.377 e. The summed E-state index contributed by atoms with van der Waals surface area (Å²) in [5.41, 5.74) is 1.28. The lowest BCUT2D eigenvalue weighted by molar-refractivity contribution is -0.173. The minimum atomic E-state index is -4.94. The Bertz CT molecular complexity index is 1530. The molecule has 15 heteroatoms. The Morgan fingerprint density at radius 2 is 1.49 bits per heavy atom. The zero-order chi connectivity index (χ0) is 29.8. The maximum atomic E-state index is 13.0. The smallest absolute Gasteiger partial charge is 0.377 e. The van der Waals surface area contributed by atoms with E-state index in [1.54, 1.807) is 46.0 Å². The third-order valence-electron chi connectivity index (χ3n) is 5.96. The van der Waals surface area contributed by atoms with Crippen molar-refractivity contribution in [3.05, 3.63) is 59.8 Å². The summed E-state index contributed by atoms with van der Waals surface area (Å²) in [6.07, 6.45) is -7.63. The minimum absolute atomic E-state index is 0.0868. The number of fused-ring (bicyclic) bond motifs is 3. The van der Waals surface area contributed by atoms with Gasteiger partial charge in [0.2, 0.25) is 0 Å². The second-order valence-corrected chi connectivity index (χ2v) is 8.89. The predicted molar refractivity (Wildman–Crippen MR) is 136 cm³/mol. The van der Waals surface area contributed by atoms with Crippen molar-refractivity contribution in [1.82, 2.24) is 25.0 Å². The molecule has 0 radical (unpaired) electrons. The van der Waals surface area contributed by atoms with E-state index in [-0.39, 0.29) is 45.4 Å². The summed E-state index contributed by atoms with van der Waals surface area (Å²) in [5.74, 6) is -2.40. The predicted octanol–water partition coefficient (Wildman–Crippen LogP) is 3.98. The van der Waals surface area contributed by atoms with Crippen molar-refractivity contribution in [3.8, 4) is 5.69 Å². The van der Waals surface area contributed by atoms with Gasteiger partial charge in [0, 0.05) is 48.4 Å². The van der Waals surface area contributed by atoms with E-state index >= 15 is 0 Å². The molecule has 9 nitrogen and oxygen atoms in total. The fraction of sp³-hybridized carbons (Fsp3) is 0.346. The zero-order valence-electron chi connectivity index (χ0n) is 21.6. The van der Waals surface area contributed by atoms with E-state index < -0.39 is 23.8 Å². The third-order valence-corrected chi connectivity index (χ3v) is 5.96. The number of nitrogens with zero attached hydrogens (tertiary/aromatic N) is 3. The summed E-state index contributed by atoms with van der Waals surface area (Å²) in [7, 11) is 1.72. The van der Waals surface area contributed by atoms with Gasteiger partial charge in [-0.05, 0) is 42.5 Å². The number of halogens is 6. The van der Waals surface area contributed by atoms with Crippen LogP contribution in [0.1, 0.15) is 15.9 Å². The lowest BCUT2D eigenvalue weighted by Gasteiger charge is -2.10. The van der Waals surface area contributed by atoms with Gasteiger partial charge in [-0.15, -0.1) is 0 Å². The van der Waals surface area contributed by atoms with Crippen LogP contribution in [0.3, 0.4) is 0 Å². The number of amides is 2. The largest absolute Gasteiger partial charge is 0.471 e. The Hall–Kier alpha value is -4.11. The molecular weight excluding hydrogens is 560 g/mol. The van der Waals surface area contributed by atoms with Crippen LogP contribution in [0.25, 0.3) is 27.6 Å². The van der Waals surface area contributed by atoms with Gasteiger partial charge >= 0.3 is 18.3 Å². The summed E-state index contributed by atoms with van der Waals surface area (Å²) >= 11 is 0. The molecule has 2 N–H and O–H groups in total. The first kappa shape index (κ1) is 29.9. The van der Waals surface area contributed by atoms with Crippen molar-refractivity contribution in [2.45, 2.75) is 12.4 Å². The standard InChI is InChI=1S/C26H25F6N5O4/c1-36-15-20-19-14-16(23(38)33-8-10-40-12-13-41-11-9-34-24(39)26(30,31)32)2-7-21(19)37(22(20)35-36)18-5-3-17(4-6-18)25(27,28)29/h2-7,14-15H,8-13H2,1H3,(H,33,38)(H,34,39). The van der Waals surface area contributed by atoms with E-state index in [1.807, 2.05) is 0 Å². The Kier molecular flexibility index (Phi) is 8.87. The van der Waals surface area contributed by atoms with Crippen molar-refractivity contribution in [3.63, 3.8) is 0 Å². The zero-order valence-corrected chi connectivity index (χ0v) is 21.6. The van der Waals surface area contributed by atoms with Crippen LogP contribution in [0.15, 0.2) is 48.7 Å². The highest BCUT2D eigenvalue weighted by Crippen LogP contribution is 2.34. The summed E-state index contributed by atoms with van der Waals surface area (Å²) < 4.78 is 89.0. The van der Waals surface area contributed by atoms with Crippen LogP contribution in [0.5, 0.6) is 0 Å². The fourth-order valence-corrected chi connectivity index (χ4v) is 4.09. The quantitative estimate of drug-likeness (QED) is 0.205. The third kappa shape index (κ3) is 7.16. The molecule has 0 bridgehead atoms. The number of hydrogen-bond acceptors (Lipinski definition) is 5. The van der Waals surface area contributed by atoms with Crippen molar-refractivity contribution in [1.29, 1.82) is 0 Å². The number of carbonyl (C=O) groups is 2. The molecule has 0 unspecified atom stereocenters. The molecule has 0 aliphatic carbocycles. The van der Waals surface area contributed by atoms with Gasteiger partial charge in [-0.3, -0.25) is 18.8 Å². The molecule has 0 fully saturated rings. The highest BCUT2D eigenvalue weighted by atomic mass is 19.4. The average molecular weight is 586 g/mol. The van der Waals surface area contributed by atoms with Gasteiger partial charge in [0.25, 0.3) is 5.91 Å². The van der Waals surface area contributed by atoms with E-state index in [0.29, 0.717) is 27.8 Å². The molecule has 2 aromatic heterocycles. The van der Waals surface area contributed by atoms with E-state index in [0.717, 1.165) is 17.5 Å². The van der Waals surface area contributed by atoms with Gasteiger partial charge in [-0.2, -0.15) is 31.4 Å². The summed E-state index contributed by atoms with van der Waals surface area (Å²) in [5, 5.41) is 10.3. The first-order valence-electron chi connectivity index (χ1n) is 12.3. The Morgan fingerprint density at radius 1 is 0.854 bits per heavy atom. The van der Waals surface area contributed by atoms with Gasteiger partial charge in [-0.25, -0.2) is 0 Å². The number of rotatable bonds is 11. The van der Waals surface area contributed by atoms with Crippen LogP contribution in [0.4, 0.5) is 26.3 Å². The van der Waals surface area contributed by atoms with Crippen molar-refractivity contribution in [2.75, 3.05) is 39.5 Å². The molecule has 0 saturated carbocycles. The second-order valence-electron chi connectivity index (χ2n) is 8.89. The number of nitrogens with one attached hydrogen (secondary N) is 2. The summed E-state index contributed by atoms with van der Waals surface area (Å²) in [6.45, 7) is 0.134. The number of carbonyl (C=O) groups excluding carboxylic acids is 2. The van der Waals surface area contributed by atoms with Gasteiger partial charge < -0.3 is 20.1 Å². The van der Waals surface area contributed by atoms with E-state index in [1.165, 1.54) is 12.1 Å². The first-order valence-corrected chi connectivity index (χ1v) is 12.3. The van der Waals surface area contributed by atoms with Gasteiger partial charge in [-0.1, -0.05) is 0 Å². The highest BCUT2D eigenvalue weighted by molar-refractivity contribution is 6.10. The molecule has 220 valence electrons. The number of benzene rings is 2. The maximum absolute atomic E-state index is 13.0. The molecule has 4 aromatic rings. The number of ether oxygens (including phenoxy) is 2. The maximum Gasteiger partial charge on any atom is 0.471 e. The molecule has 0 atom stereocenters. The number of hydrogen-bond donors (Lipinski definition) is 2. The lowest BCUT2D eigenvalue weighted by atomic mass is 10.1. The number of alkyl halides is 6. The van der Waals surface area contributed by atoms with Crippen LogP contribution in [0.2, 0.25) is 0 Å². The van der Waals surface area contributed by atoms with Crippen LogP contribution >= 0.6 is 0 Å². The van der Waals surface area contributed by atoms with E-state index in [9.17, 15) is 35.9 Å². The second kappa shape index (κ2) is 12.2. The van der Waals surface area contributed by atoms with Crippen molar-refractivity contribution in [2.24, 2.45) is 7.05 Å². The summed E-state index contributed by atoms with van der Waals surface area (Å²) in [6, 6.07) is 9.73. The Morgan fingerprint density at radius 3 is 2.10 bits per heavy atom. The average Bonchev–Trinajstić information content (AvgIpc) is 3.42. The van der Waals surface area contributed by atoms with Crippen molar-refractivity contribution >= 4 is 33.8 Å². The molecule has 0 spiro atoms. The molecule has 4 rings (SSSR count). The van der Waals surface area contributed by atoms with Gasteiger partial charge in [0.1, 0.15) is 0 Å². The normalized spacial score (nSPS) is 12.3. The van der Waals surface area contributed by atoms with E-state index in [4.69, 9.17) is 9.47 Å². The molecule has 2 aromatic carbocycles. The first-order chi connectivity index (χ1) is 19.4. The number of aromatic nitrogens is 3. The SMILES string of the molecule is Cn1cc2c3cc(C(=O)NCCOCCOCCNC(=O)C(F)(F)F)ccc3n(-c3ccc(C(F)(F)F)cc3)c2n1. The molecule has 41 heavy (non-hydrogen) atoms. The van der Waals surface area contributed by atoms with Crippen LogP contribution in [0, 0.1) is 0 Å². The molecule has 2 heterocycles. The molecule has 0 aliphatic heterocycles. The Balaban J connectivity index is 1.32. The molecule has 2 amide bonds. The lowest BCUT2D eigenvalue weighted by Crippen LogP contribution is -2.38. The van der Waals surface area contributed by atoms with Crippen LogP contribution in [-0.2, 0) is 27.5 Å².